The Labute approximate surface area is 103 Å². The predicted molar refractivity (Wildman–Crippen MR) is 60.6 cm³/mol. The first-order chi connectivity index (χ1) is 8.43. The number of rotatable bonds is 3. The maximum Gasteiger partial charge on any atom is 0.416 e. The summed E-state index contributed by atoms with van der Waals surface area (Å²) in [6.45, 7) is -0.248. The van der Waals surface area contributed by atoms with E-state index >= 15 is 0 Å². The van der Waals surface area contributed by atoms with Gasteiger partial charge in [-0.3, -0.25) is 0 Å². The summed E-state index contributed by atoms with van der Waals surface area (Å²) in [6.07, 6.45) is -2.39. The highest BCUT2D eigenvalue weighted by Gasteiger charge is 2.45. The van der Waals surface area contributed by atoms with Crippen molar-refractivity contribution in [1.29, 1.82) is 0 Å². The van der Waals surface area contributed by atoms with Gasteiger partial charge in [0.05, 0.1) is 19.3 Å². The van der Waals surface area contributed by atoms with Crippen LogP contribution in [0.5, 0.6) is 5.75 Å². The minimum Gasteiger partial charge on any atom is -0.497 e. The maximum atomic E-state index is 13.1. The minimum absolute atomic E-state index is 0.179. The normalized spacial score (nSPS) is 18.3. The molecular weight excluding hydrogens is 245 g/mol. The van der Waals surface area contributed by atoms with Gasteiger partial charge >= 0.3 is 6.18 Å². The second kappa shape index (κ2) is 4.46. The number of alkyl halides is 3. The molecule has 1 aromatic carbocycles. The van der Waals surface area contributed by atoms with Gasteiger partial charge in [-0.25, -0.2) is 0 Å². The number of hydrogen-bond acceptors (Lipinski definition) is 2. The second-order valence-corrected chi connectivity index (χ2v) is 4.70. The molecule has 1 aromatic rings. The maximum absolute atomic E-state index is 13.1. The first kappa shape index (κ1) is 13.2. The molecule has 0 aromatic heterocycles. The largest absolute Gasteiger partial charge is 0.497 e. The van der Waals surface area contributed by atoms with Crippen LogP contribution in [0.25, 0.3) is 0 Å². The summed E-state index contributed by atoms with van der Waals surface area (Å²) in [5, 5.41) is 9.41. The topological polar surface area (TPSA) is 29.5 Å². The van der Waals surface area contributed by atoms with Crippen molar-refractivity contribution in [2.24, 2.45) is 0 Å². The molecule has 1 aliphatic rings. The van der Waals surface area contributed by atoms with Crippen molar-refractivity contribution in [3.05, 3.63) is 29.3 Å². The summed E-state index contributed by atoms with van der Waals surface area (Å²) in [4.78, 5) is 0. The predicted octanol–water partition coefficient (Wildman–Crippen LogP) is 3.13. The van der Waals surface area contributed by atoms with Gasteiger partial charge in [0.2, 0.25) is 0 Å². The lowest BCUT2D eigenvalue weighted by molar-refractivity contribution is -0.139. The summed E-state index contributed by atoms with van der Waals surface area (Å²) < 4.78 is 44.0. The zero-order chi connectivity index (χ0) is 13.4. The summed E-state index contributed by atoms with van der Waals surface area (Å²) in [5.41, 5.74) is -1.24. The van der Waals surface area contributed by atoms with Crippen LogP contribution in [0.3, 0.4) is 0 Å². The minimum atomic E-state index is -4.43. The Bertz CT molecular complexity index is 431. The standard InChI is InChI=1S/C13H15F3O2/c1-18-9-3-4-10(11(7-9)13(14,15)16)12(8-17)5-2-6-12/h3-4,7,17H,2,5-6,8H2,1H3. The Balaban J connectivity index is 2.53. The number of hydrogen-bond donors (Lipinski definition) is 1. The smallest absolute Gasteiger partial charge is 0.416 e. The monoisotopic (exact) mass is 260 g/mol. The van der Waals surface area contributed by atoms with E-state index in [2.05, 4.69) is 0 Å². The molecule has 0 amide bonds. The molecule has 0 saturated heterocycles. The Hall–Kier alpha value is -1.23. The molecular formula is C13H15F3O2. The molecule has 0 bridgehead atoms. The quantitative estimate of drug-likeness (QED) is 0.904. The molecule has 1 fully saturated rings. The van der Waals surface area contributed by atoms with E-state index in [-0.39, 0.29) is 17.9 Å². The van der Waals surface area contributed by atoms with Crippen LogP contribution in [0.1, 0.15) is 30.4 Å². The number of benzene rings is 1. The molecule has 0 unspecified atom stereocenters. The fourth-order valence-electron chi connectivity index (χ4n) is 2.46. The van der Waals surface area contributed by atoms with Gasteiger partial charge in [-0.2, -0.15) is 13.2 Å². The number of methoxy groups -OCH3 is 1. The van der Waals surface area contributed by atoms with Gasteiger partial charge in [-0.05, 0) is 30.5 Å². The molecule has 0 heterocycles. The summed E-state index contributed by atoms with van der Waals surface area (Å²) in [6, 6.07) is 3.95. The van der Waals surface area contributed by atoms with Gasteiger partial charge in [0.25, 0.3) is 0 Å². The zero-order valence-electron chi connectivity index (χ0n) is 10.0. The van der Waals surface area contributed by atoms with Gasteiger partial charge in [-0.15, -0.1) is 0 Å². The van der Waals surface area contributed by atoms with Crippen LogP contribution in [0.4, 0.5) is 13.2 Å². The van der Waals surface area contributed by atoms with Crippen LogP contribution in [0, 0.1) is 0 Å². The van der Waals surface area contributed by atoms with Crippen LogP contribution in [-0.4, -0.2) is 18.8 Å². The van der Waals surface area contributed by atoms with E-state index in [0.29, 0.717) is 12.8 Å². The summed E-state index contributed by atoms with van der Waals surface area (Å²) in [7, 11) is 1.33. The number of halogens is 3. The summed E-state index contributed by atoms with van der Waals surface area (Å²) in [5.74, 6) is 0.179. The fraction of sp³-hybridized carbons (Fsp3) is 0.538. The highest BCUT2D eigenvalue weighted by molar-refractivity contribution is 5.43. The molecule has 1 saturated carbocycles. The molecule has 0 radical (unpaired) electrons. The van der Waals surface area contributed by atoms with Gasteiger partial charge in [0, 0.05) is 5.41 Å². The third-order valence-electron chi connectivity index (χ3n) is 3.72. The Kier molecular flexibility index (Phi) is 3.27. The van der Waals surface area contributed by atoms with Crippen molar-refractivity contribution in [2.45, 2.75) is 30.9 Å². The molecule has 0 spiro atoms. The fourth-order valence-corrected chi connectivity index (χ4v) is 2.46. The molecule has 5 heteroatoms. The van der Waals surface area contributed by atoms with Gasteiger partial charge in [0.1, 0.15) is 5.75 Å². The lowest BCUT2D eigenvalue weighted by Gasteiger charge is -2.42. The summed E-state index contributed by atoms with van der Waals surface area (Å²) >= 11 is 0. The lowest BCUT2D eigenvalue weighted by atomic mass is 9.64. The van der Waals surface area contributed by atoms with Gasteiger partial charge in [0.15, 0.2) is 0 Å². The average Bonchev–Trinajstić information content (AvgIpc) is 2.27. The molecule has 1 N–H and O–H groups in total. The van der Waals surface area contributed by atoms with E-state index in [1.165, 1.54) is 19.2 Å². The lowest BCUT2D eigenvalue weighted by Crippen LogP contribution is -2.39. The van der Waals surface area contributed by atoms with Crippen molar-refractivity contribution in [3.63, 3.8) is 0 Å². The third kappa shape index (κ3) is 2.07. The molecule has 2 nitrogen and oxygen atoms in total. The van der Waals surface area contributed by atoms with Crippen LogP contribution in [0.15, 0.2) is 18.2 Å². The van der Waals surface area contributed by atoms with E-state index in [9.17, 15) is 18.3 Å². The van der Waals surface area contributed by atoms with Gasteiger partial charge < -0.3 is 9.84 Å². The first-order valence-corrected chi connectivity index (χ1v) is 5.79. The van der Waals surface area contributed by atoms with Crippen LogP contribution in [0.2, 0.25) is 0 Å². The second-order valence-electron chi connectivity index (χ2n) is 4.70. The Morgan fingerprint density at radius 3 is 2.39 bits per heavy atom. The first-order valence-electron chi connectivity index (χ1n) is 5.79. The van der Waals surface area contributed by atoms with E-state index in [0.717, 1.165) is 12.5 Å². The molecule has 100 valence electrons. The molecule has 0 atom stereocenters. The third-order valence-corrected chi connectivity index (χ3v) is 3.72. The van der Waals surface area contributed by atoms with Crippen molar-refractivity contribution < 1.29 is 23.0 Å². The highest BCUT2D eigenvalue weighted by atomic mass is 19.4. The molecule has 18 heavy (non-hydrogen) atoms. The molecule has 0 aliphatic heterocycles. The number of aliphatic hydroxyl groups excluding tert-OH is 1. The van der Waals surface area contributed by atoms with E-state index < -0.39 is 17.2 Å². The number of ether oxygens (including phenoxy) is 1. The van der Waals surface area contributed by atoms with Crippen LogP contribution >= 0.6 is 0 Å². The Morgan fingerprint density at radius 2 is 2.00 bits per heavy atom. The van der Waals surface area contributed by atoms with Crippen molar-refractivity contribution in [3.8, 4) is 5.75 Å². The van der Waals surface area contributed by atoms with E-state index in [4.69, 9.17) is 4.74 Å². The number of aliphatic hydroxyl groups is 1. The molecule has 1 aliphatic carbocycles. The van der Waals surface area contributed by atoms with Crippen molar-refractivity contribution in [2.75, 3.05) is 13.7 Å². The van der Waals surface area contributed by atoms with E-state index in [1.807, 2.05) is 0 Å². The zero-order valence-corrected chi connectivity index (χ0v) is 10.0. The van der Waals surface area contributed by atoms with Crippen molar-refractivity contribution in [1.82, 2.24) is 0 Å². The highest BCUT2D eigenvalue weighted by Crippen LogP contribution is 2.48. The van der Waals surface area contributed by atoms with Crippen molar-refractivity contribution >= 4 is 0 Å². The van der Waals surface area contributed by atoms with Crippen LogP contribution < -0.4 is 4.74 Å². The SMILES string of the molecule is COc1ccc(C2(CO)CCC2)c(C(F)(F)F)c1. The molecule has 2 rings (SSSR count). The van der Waals surface area contributed by atoms with E-state index in [1.54, 1.807) is 0 Å². The van der Waals surface area contributed by atoms with Gasteiger partial charge in [-0.1, -0.05) is 12.5 Å². The average molecular weight is 260 g/mol. The Morgan fingerprint density at radius 1 is 1.33 bits per heavy atom. The van der Waals surface area contributed by atoms with Crippen LogP contribution in [-0.2, 0) is 11.6 Å².